The van der Waals surface area contributed by atoms with E-state index < -0.39 is 15.9 Å². The van der Waals surface area contributed by atoms with E-state index in [0.29, 0.717) is 22.8 Å². The molecule has 0 bridgehead atoms. The number of carbonyl (C=O) groups is 2. The van der Waals surface area contributed by atoms with Gasteiger partial charge in [0, 0.05) is 30.9 Å². The molecule has 2 aromatic carbocycles. The van der Waals surface area contributed by atoms with Crippen LogP contribution in [0.4, 0.5) is 11.4 Å². The maximum Gasteiger partial charge on any atom is 0.247 e. The zero-order valence-corrected chi connectivity index (χ0v) is 17.0. The summed E-state index contributed by atoms with van der Waals surface area (Å²) < 4.78 is 31.5. The third-order valence-electron chi connectivity index (χ3n) is 4.00. The fourth-order valence-electron chi connectivity index (χ4n) is 2.61. The van der Waals surface area contributed by atoms with Gasteiger partial charge in [0.25, 0.3) is 0 Å². The van der Waals surface area contributed by atoms with Crippen LogP contribution in [0.15, 0.2) is 64.2 Å². The molecule has 0 radical (unpaired) electrons. The van der Waals surface area contributed by atoms with Crippen LogP contribution in [0, 0.1) is 0 Å². The highest BCUT2D eigenvalue weighted by Gasteiger charge is 2.23. The predicted octanol–water partition coefficient (Wildman–Crippen LogP) is 1.95. The van der Waals surface area contributed by atoms with Gasteiger partial charge >= 0.3 is 0 Å². The quantitative estimate of drug-likeness (QED) is 0.586. The summed E-state index contributed by atoms with van der Waals surface area (Å²) >= 11 is 0. The zero-order valence-electron chi connectivity index (χ0n) is 16.2. The van der Waals surface area contributed by atoms with Gasteiger partial charge in [-0.2, -0.15) is 4.31 Å². The smallest absolute Gasteiger partial charge is 0.247 e. The lowest BCUT2D eigenvalue weighted by Gasteiger charge is -2.17. The Labute approximate surface area is 173 Å². The molecular weight excluding hydrogens is 410 g/mol. The summed E-state index contributed by atoms with van der Waals surface area (Å²) in [6, 6.07) is 12.4. The standard InChI is InChI=1S/C19H19N5O5S/c1-13(25)21-15-6-8-17(9-7-15)30(27,28)24(2)11-18(26)22-16-5-3-4-14(10-16)19-23-20-12-29-19/h3-10,12H,11H2,1-2H3,(H,21,25)(H,22,26). The molecule has 30 heavy (non-hydrogen) atoms. The second-order valence-electron chi connectivity index (χ2n) is 6.34. The molecule has 1 aromatic heterocycles. The number of benzene rings is 2. The average molecular weight is 429 g/mol. The maximum absolute atomic E-state index is 12.7. The minimum atomic E-state index is -3.89. The molecule has 1 heterocycles. The summed E-state index contributed by atoms with van der Waals surface area (Å²) in [5.41, 5.74) is 1.55. The molecule has 0 aliphatic heterocycles. The fraction of sp³-hybridized carbons (Fsp3) is 0.158. The van der Waals surface area contributed by atoms with E-state index in [9.17, 15) is 18.0 Å². The van der Waals surface area contributed by atoms with E-state index in [0.717, 1.165) is 4.31 Å². The third-order valence-corrected chi connectivity index (χ3v) is 5.82. The van der Waals surface area contributed by atoms with Crippen molar-refractivity contribution in [3.63, 3.8) is 0 Å². The molecule has 2 N–H and O–H groups in total. The van der Waals surface area contributed by atoms with Gasteiger partial charge in [-0.3, -0.25) is 9.59 Å². The number of nitrogens with zero attached hydrogens (tertiary/aromatic N) is 3. The normalized spacial score (nSPS) is 11.3. The maximum atomic E-state index is 12.7. The van der Waals surface area contributed by atoms with Gasteiger partial charge in [0.2, 0.25) is 34.1 Å². The van der Waals surface area contributed by atoms with Crippen LogP contribution < -0.4 is 10.6 Å². The number of rotatable bonds is 7. The number of carbonyl (C=O) groups excluding carboxylic acids is 2. The van der Waals surface area contributed by atoms with E-state index in [-0.39, 0.29) is 17.3 Å². The number of hydrogen-bond donors (Lipinski definition) is 2. The molecule has 0 aliphatic rings. The molecular formula is C19H19N5O5S. The molecule has 3 aromatic rings. The second-order valence-corrected chi connectivity index (χ2v) is 8.38. The van der Waals surface area contributed by atoms with Crippen molar-refractivity contribution in [1.82, 2.24) is 14.5 Å². The second kappa shape index (κ2) is 8.84. The van der Waals surface area contributed by atoms with Gasteiger partial charge in [0.15, 0.2) is 0 Å². The highest BCUT2D eigenvalue weighted by molar-refractivity contribution is 7.89. The van der Waals surface area contributed by atoms with Crippen LogP contribution in [-0.4, -0.2) is 48.3 Å². The van der Waals surface area contributed by atoms with Gasteiger partial charge < -0.3 is 15.1 Å². The molecule has 11 heteroatoms. The Bertz CT molecular complexity index is 1140. The van der Waals surface area contributed by atoms with Crippen LogP contribution in [-0.2, 0) is 19.6 Å². The van der Waals surface area contributed by atoms with Gasteiger partial charge in [0.05, 0.1) is 11.4 Å². The Morgan fingerprint density at radius 2 is 1.80 bits per heavy atom. The molecule has 0 unspecified atom stereocenters. The minimum absolute atomic E-state index is 0.00490. The van der Waals surface area contributed by atoms with Gasteiger partial charge in [-0.15, -0.1) is 10.2 Å². The van der Waals surface area contributed by atoms with E-state index >= 15 is 0 Å². The predicted molar refractivity (Wildman–Crippen MR) is 109 cm³/mol. The van der Waals surface area contributed by atoms with Crippen LogP contribution in [0.5, 0.6) is 0 Å². The van der Waals surface area contributed by atoms with Crippen molar-refractivity contribution in [2.75, 3.05) is 24.2 Å². The summed E-state index contributed by atoms with van der Waals surface area (Å²) in [7, 11) is -2.58. The summed E-state index contributed by atoms with van der Waals surface area (Å²) in [5, 5.41) is 12.6. The largest absolute Gasteiger partial charge is 0.423 e. The Morgan fingerprint density at radius 1 is 1.07 bits per heavy atom. The average Bonchev–Trinajstić information content (AvgIpc) is 3.23. The molecule has 156 valence electrons. The van der Waals surface area contributed by atoms with Crippen molar-refractivity contribution >= 4 is 33.2 Å². The molecule has 10 nitrogen and oxygen atoms in total. The highest BCUT2D eigenvalue weighted by atomic mass is 32.2. The first-order chi connectivity index (χ1) is 14.3. The lowest BCUT2D eigenvalue weighted by atomic mass is 10.2. The van der Waals surface area contributed by atoms with Crippen molar-refractivity contribution in [3.05, 3.63) is 54.9 Å². The Kier molecular flexibility index (Phi) is 6.23. The fourth-order valence-corrected chi connectivity index (χ4v) is 3.74. The monoisotopic (exact) mass is 429 g/mol. The first-order valence-corrected chi connectivity index (χ1v) is 10.2. The first-order valence-electron chi connectivity index (χ1n) is 8.76. The van der Waals surface area contributed by atoms with Crippen molar-refractivity contribution in [3.8, 4) is 11.5 Å². The molecule has 0 atom stereocenters. The molecule has 3 rings (SSSR count). The van der Waals surface area contributed by atoms with Gasteiger partial charge in [-0.1, -0.05) is 6.07 Å². The van der Waals surface area contributed by atoms with E-state index in [4.69, 9.17) is 4.42 Å². The number of aromatic nitrogens is 2. The van der Waals surface area contributed by atoms with E-state index in [1.165, 1.54) is 44.6 Å². The Hall–Kier alpha value is -3.57. The minimum Gasteiger partial charge on any atom is -0.423 e. The molecule has 0 saturated heterocycles. The lowest BCUT2D eigenvalue weighted by molar-refractivity contribution is -0.116. The van der Waals surface area contributed by atoms with Crippen molar-refractivity contribution in [2.45, 2.75) is 11.8 Å². The van der Waals surface area contributed by atoms with Gasteiger partial charge in [-0.05, 0) is 42.5 Å². The van der Waals surface area contributed by atoms with Crippen molar-refractivity contribution in [1.29, 1.82) is 0 Å². The Morgan fingerprint density at radius 3 is 2.43 bits per heavy atom. The summed E-state index contributed by atoms with van der Waals surface area (Å²) in [5.74, 6) is -0.477. The number of hydrogen-bond acceptors (Lipinski definition) is 7. The van der Waals surface area contributed by atoms with E-state index in [1.54, 1.807) is 24.3 Å². The number of likely N-dealkylation sites (N-methyl/N-ethyl adjacent to an activating group) is 1. The number of nitrogens with one attached hydrogen (secondary N) is 2. The van der Waals surface area contributed by atoms with E-state index in [1.807, 2.05) is 0 Å². The lowest BCUT2D eigenvalue weighted by Crippen LogP contribution is -2.35. The molecule has 0 saturated carbocycles. The van der Waals surface area contributed by atoms with Gasteiger partial charge in [-0.25, -0.2) is 8.42 Å². The van der Waals surface area contributed by atoms with Crippen molar-refractivity contribution in [2.24, 2.45) is 0 Å². The van der Waals surface area contributed by atoms with Crippen LogP contribution in [0.25, 0.3) is 11.5 Å². The Balaban J connectivity index is 1.66. The number of anilines is 2. The van der Waals surface area contributed by atoms with Crippen molar-refractivity contribution < 1.29 is 22.4 Å². The first kappa shape index (κ1) is 21.1. The highest BCUT2D eigenvalue weighted by Crippen LogP contribution is 2.21. The summed E-state index contributed by atoms with van der Waals surface area (Å²) in [6.45, 7) is 0.968. The topological polar surface area (TPSA) is 134 Å². The molecule has 2 amide bonds. The zero-order chi connectivity index (χ0) is 21.7. The molecule has 0 spiro atoms. The molecule has 0 fully saturated rings. The molecule has 0 aliphatic carbocycles. The van der Waals surface area contributed by atoms with E-state index in [2.05, 4.69) is 20.8 Å². The SMILES string of the molecule is CC(=O)Nc1ccc(S(=O)(=O)N(C)CC(=O)Nc2cccc(-c3nnco3)c2)cc1. The summed E-state index contributed by atoms with van der Waals surface area (Å²) in [4.78, 5) is 23.4. The van der Waals surface area contributed by atoms with Crippen LogP contribution in [0.1, 0.15) is 6.92 Å². The third kappa shape index (κ3) is 5.07. The summed E-state index contributed by atoms with van der Waals surface area (Å²) in [6.07, 6.45) is 1.20. The number of sulfonamides is 1. The van der Waals surface area contributed by atoms with Gasteiger partial charge in [0.1, 0.15) is 0 Å². The number of amides is 2. The van der Waals surface area contributed by atoms with Crippen LogP contribution in [0.2, 0.25) is 0 Å². The van der Waals surface area contributed by atoms with Crippen LogP contribution in [0.3, 0.4) is 0 Å². The van der Waals surface area contributed by atoms with Crippen LogP contribution >= 0.6 is 0 Å².